The van der Waals surface area contributed by atoms with Crippen molar-refractivity contribution in [3.8, 4) is 16.9 Å². The van der Waals surface area contributed by atoms with E-state index in [-0.39, 0.29) is 17.0 Å². The number of fused-ring (bicyclic) bond motifs is 1. The lowest BCUT2D eigenvalue weighted by molar-refractivity contribution is -0.679. The molecule has 0 amide bonds. The normalized spacial score (nSPS) is 12.9. The summed E-state index contributed by atoms with van der Waals surface area (Å²) in [5.74, 6) is -1.12. The van der Waals surface area contributed by atoms with E-state index in [0.717, 1.165) is 25.1 Å². The predicted molar refractivity (Wildman–Crippen MR) is 91.6 cm³/mol. The van der Waals surface area contributed by atoms with Gasteiger partial charge in [0.25, 0.3) is 11.6 Å². The summed E-state index contributed by atoms with van der Waals surface area (Å²) < 4.78 is 29.5. The van der Waals surface area contributed by atoms with Gasteiger partial charge >= 0.3 is 0 Å². The number of thioether (sulfide) groups is 1. The third-order valence-corrected chi connectivity index (χ3v) is 5.05. The average Bonchev–Trinajstić information content (AvgIpc) is 3.18. The molecule has 1 aromatic heterocycles. The molecule has 0 bridgehead atoms. The monoisotopic (exact) mass is 422 g/mol. The van der Waals surface area contributed by atoms with Gasteiger partial charge in [0.1, 0.15) is 11.9 Å². The molecule has 0 unspecified atom stereocenters. The molecule has 0 N–H and O–H groups in total. The second-order valence-electron chi connectivity index (χ2n) is 5.79. The fourth-order valence-electron chi connectivity index (χ4n) is 3.29. The highest BCUT2D eigenvalue weighted by Crippen LogP contribution is 2.28. The van der Waals surface area contributed by atoms with Gasteiger partial charge in [-0.2, -0.15) is 13.3 Å². The van der Waals surface area contributed by atoms with Gasteiger partial charge in [-0.25, -0.2) is 4.57 Å². The molecular weight excluding hydrogens is 406 g/mol. The van der Waals surface area contributed by atoms with Crippen LogP contribution in [-0.2, 0) is 13.0 Å². The number of nitrogens with zero attached hydrogens (tertiary/aromatic N) is 2. The minimum Gasteiger partial charge on any atom is -1.00 e. The third kappa shape index (κ3) is 3.65. The molecule has 1 aliphatic heterocycles. The summed E-state index contributed by atoms with van der Waals surface area (Å²) in [6, 6.07) is 17.7. The Labute approximate surface area is 160 Å². The molecule has 0 saturated carbocycles. The zero-order chi connectivity index (χ0) is 16.5. The van der Waals surface area contributed by atoms with Gasteiger partial charge in [0.2, 0.25) is 0 Å². The van der Waals surface area contributed by atoms with E-state index < -0.39 is 5.76 Å². The fraction of sp³-hybridized carbons (Fsp3) is 0.211. The Balaban J connectivity index is 0.00000182. The van der Waals surface area contributed by atoms with E-state index in [0.29, 0.717) is 16.7 Å². The van der Waals surface area contributed by atoms with Gasteiger partial charge in [-0.1, -0.05) is 42.1 Å². The molecule has 6 heteroatoms. The number of imidazole rings is 1. The summed E-state index contributed by atoms with van der Waals surface area (Å²) in [6.45, 7) is 1.02. The van der Waals surface area contributed by atoms with Gasteiger partial charge in [-0.3, -0.25) is 0 Å². The molecule has 4 rings (SSSR count). The number of rotatable bonds is 4. The van der Waals surface area contributed by atoms with Crippen molar-refractivity contribution in [2.45, 2.75) is 30.0 Å². The van der Waals surface area contributed by atoms with Crippen molar-refractivity contribution >= 4 is 11.8 Å². The Kier molecular flexibility index (Phi) is 5.59. The first kappa shape index (κ1) is 18.1. The van der Waals surface area contributed by atoms with Crippen molar-refractivity contribution in [3.05, 3.63) is 66.6 Å². The predicted octanol–water partition coefficient (Wildman–Crippen LogP) is 1.70. The minimum atomic E-state index is -2.38. The van der Waals surface area contributed by atoms with Gasteiger partial charge in [0, 0.05) is 10.5 Å². The second-order valence-corrected chi connectivity index (χ2v) is 6.86. The van der Waals surface area contributed by atoms with Gasteiger partial charge in [-0.15, -0.1) is 0 Å². The number of alkyl halides is 2. The quantitative estimate of drug-likeness (QED) is 0.459. The molecule has 0 radical (unpaired) electrons. The second kappa shape index (κ2) is 7.70. The van der Waals surface area contributed by atoms with E-state index >= 15 is 0 Å². The molecule has 0 spiro atoms. The molecule has 130 valence electrons. The Bertz CT molecular complexity index is 848. The van der Waals surface area contributed by atoms with Crippen LogP contribution in [0.25, 0.3) is 16.9 Å². The summed E-state index contributed by atoms with van der Waals surface area (Å²) >= 11 is 0.582. The third-order valence-electron chi connectivity index (χ3n) is 4.32. The van der Waals surface area contributed by atoms with Crippen LogP contribution in [0.4, 0.5) is 8.78 Å². The first-order valence-corrected chi connectivity index (χ1v) is 8.85. The maximum atomic E-state index is 12.5. The van der Waals surface area contributed by atoms with Crippen molar-refractivity contribution in [1.29, 1.82) is 0 Å². The van der Waals surface area contributed by atoms with Crippen LogP contribution < -0.4 is 21.5 Å². The molecule has 2 heterocycles. The summed E-state index contributed by atoms with van der Waals surface area (Å²) in [5.41, 5.74) is 3.42. The lowest BCUT2D eigenvalue weighted by atomic mass is 10.2. The minimum absolute atomic E-state index is 0. The first-order valence-electron chi connectivity index (χ1n) is 7.97. The first-order chi connectivity index (χ1) is 11.7. The van der Waals surface area contributed by atoms with Crippen LogP contribution in [0.2, 0.25) is 0 Å². The highest BCUT2D eigenvalue weighted by Gasteiger charge is 2.29. The summed E-state index contributed by atoms with van der Waals surface area (Å²) in [6.07, 6.45) is 4.31. The molecule has 0 aliphatic carbocycles. The number of benzene rings is 2. The maximum absolute atomic E-state index is 12.5. The van der Waals surface area contributed by atoms with E-state index in [4.69, 9.17) is 0 Å². The maximum Gasteiger partial charge on any atom is 0.288 e. The van der Waals surface area contributed by atoms with Crippen LogP contribution in [-0.4, -0.2) is 10.3 Å². The van der Waals surface area contributed by atoms with E-state index in [9.17, 15) is 8.78 Å². The Morgan fingerprint density at radius 1 is 1.00 bits per heavy atom. The topological polar surface area (TPSA) is 8.81 Å². The Morgan fingerprint density at radius 3 is 2.40 bits per heavy atom. The molecule has 3 aromatic rings. The van der Waals surface area contributed by atoms with Crippen LogP contribution in [0.3, 0.4) is 0 Å². The Hall–Kier alpha value is -1.66. The number of hydrogen-bond donors (Lipinski definition) is 0. The van der Waals surface area contributed by atoms with Crippen LogP contribution in [0.5, 0.6) is 0 Å². The van der Waals surface area contributed by atoms with Crippen LogP contribution in [0.15, 0.2) is 65.7 Å². The lowest BCUT2D eigenvalue weighted by Gasteiger charge is -2.02. The highest BCUT2D eigenvalue weighted by molar-refractivity contribution is 7.99. The van der Waals surface area contributed by atoms with E-state index in [1.54, 1.807) is 12.1 Å². The zero-order valence-corrected chi connectivity index (χ0v) is 15.8. The number of aromatic nitrogens is 2. The van der Waals surface area contributed by atoms with E-state index in [1.165, 1.54) is 17.1 Å². The zero-order valence-electron chi connectivity index (χ0n) is 13.4. The van der Waals surface area contributed by atoms with Gasteiger partial charge in [-0.05, 0) is 30.7 Å². The van der Waals surface area contributed by atoms with E-state index in [2.05, 4.69) is 27.5 Å². The Morgan fingerprint density at radius 2 is 1.72 bits per heavy atom. The molecule has 0 fully saturated rings. The van der Waals surface area contributed by atoms with Crippen molar-refractivity contribution in [3.63, 3.8) is 0 Å². The van der Waals surface area contributed by atoms with E-state index in [1.807, 2.05) is 30.3 Å². The summed E-state index contributed by atoms with van der Waals surface area (Å²) in [5, 5.41) is 0. The molecule has 2 nitrogen and oxygen atoms in total. The van der Waals surface area contributed by atoms with Crippen LogP contribution >= 0.6 is 11.8 Å². The van der Waals surface area contributed by atoms with Gasteiger partial charge in [0.15, 0.2) is 5.69 Å². The molecule has 2 aromatic carbocycles. The molecule has 1 aliphatic rings. The highest BCUT2D eigenvalue weighted by atomic mass is 79.9. The van der Waals surface area contributed by atoms with Crippen molar-refractivity contribution in [1.82, 2.24) is 4.57 Å². The summed E-state index contributed by atoms with van der Waals surface area (Å²) in [7, 11) is 0. The van der Waals surface area contributed by atoms with Gasteiger partial charge < -0.3 is 17.0 Å². The van der Waals surface area contributed by atoms with Crippen LogP contribution in [0, 0.1) is 0 Å². The molecule has 0 saturated heterocycles. The molecular formula is C19H17BrF2N2S. The van der Waals surface area contributed by atoms with Crippen molar-refractivity contribution < 1.29 is 30.3 Å². The lowest BCUT2D eigenvalue weighted by Crippen LogP contribution is -3.00. The van der Waals surface area contributed by atoms with Gasteiger partial charge in [0.05, 0.1) is 13.0 Å². The number of hydrogen-bond acceptors (Lipinski definition) is 1. The summed E-state index contributed by atoms with van der Waals surface area (Å²) in [4.78, 5) is 0.591. The number of halogens is 3. The largest absolute Gasteiger partial charge is 1.00 e. The smallest absolute Gasteiger partial charge is 0.288 e. The SMILES string of the molecule is FC(F)Sc1ccc(-n2cc(-c3ccccc3)[n+]3c2CCC3)cc1.[Br-]. The standard InChI is InChI=1S/C19H17F2N2S.BrH/c20-19(21)24-16-10-8-15(9-11-16)23-13-17(14-5-2-1-3-6-14)22-12-4-7-18(22)23;/h1-3,5-6,8-11,13,19H,4,7,12H2;1H/q+1;/p-1. The average molecular weight is 423 g/mol. The molecule has 0 atom stereocenters. The molecule has 25 heavy (non-hydrogen) atoms. The van der Waals surface area contributed by atoms with Crippen molar-refractivity contribution in [2.75, 3.05) is 0 Å². The van der Waals surface area contributed by atoms with Crippen LogP contribution in [0.1, 0.15) is 12.2 Å². The fourth-order valence-corrected chi connectivity index (χ4v) is 3.79. The van der Waals surface area contributed by atoms with Crippen molar-refractivity contribution in [2.24, 2.45) is 0 Å².